The Hall–Kier alpha value is -2.86. The molecule has 2 aromatic heterocycles. The number of hydrogen-bond acceptors (Lipinski definition) is 2. The highest BCUT2D eigenvalue weighted by Gasteiger charge is 2.19. The van der Waals surface area contributed by atoms with Crippen LogP contribution >= 0.6 is 15.9 Å². The fourth-order valence-corrected chi connectivity index (χ4v) is 3.93. The van der Waals surface area contributed by atoms with Gasteiger partial charge in [-0.25, -0.2) is 0 Å². The lowest BCUT2D eigenvalue weighted by Crippen LogP contribution is -2.17. The quantitative estimate of drug-likeness (QED) is 0.465. The van der Waals surface area contributed by atoms with Gasteiger partial charge in [0.05, 0.1) is 12.1 Å². The van der Waals surface area contributed by atoms with Gasteiger partial charge < -0.3 is 10.3 Å². The molecule has 0 saturated carbocycles. The highest BCUT2D eigenvalue weighted by Crippen LogP contribution is 2.32. The van der Waals surface area contributed by atoms with Crippen molar-refractivity contribution in [3.8, 4) is 11.1 Å². The van der Waals surface area contributed by atoms with Gasteiger partial charge in [0.1, 0.15) is 5.82 Å². The monoisotopic (exact) mass is 436 g/mol. The molecule has 0 aliphatic carbocycles. The van der Waals surface area contributed by atoms with Gasteiger partial charge in [0.2, 0.25) is 5.91 Å². The number of carbonyl (C=O) groups is 1. The topological polar surface area (TPSA) is 62.7 Å². The second kappa shape index (κ2) is 7.28. The van der Waals surface area contributed by atoms with Crippen molar-refractivity contribution in [1.82, 2.24) is 14.8 Å². The first-order valence-electron chi connectivity index (χ1n) is 9.09. The van der Waals surface area contributed by atoms with E-state index in [1.807, 2.05) is 69.4 Å². The number of fused-ring (bicyclic) bond motifs is 1. The molecule has 0 atom stereocenters. The molecule has 0 aliphatic rings. The second-order valence-corrected chi connectivity index (χ2v) is 7.85. The van der Waals surface area contributed by atoms with Crippen molar-refractivity contribution in [1.29, 1.82) is 0 Å². The lowest BCUT2D eigenvalue weighted by atomic mass is 10.1. The maximum Gasteiger partial charge on any atom is 0.230 e. The molecule has 0 radical (unpaired) electrons. The number of anilines is 1. The van der Waals surface area contributed by atoms with E-state index in [4.69, 9.17) is 0 Å². The average molecular weight is 437 g/mol. The Balaban J connectivity index is 1.65. The number of aromatic amines is 1. The summed E-state index contributed by atoms with van der Waals surface area (Å²) >= 11 is 3.47. The van der Waals surface area contributed by atoms with Crippen molar-refractivity contribution < 1.29 is 4.79 Å². The lowest BCUT2D eigenvalue weighted by molar-refractivity contribution is -0.115. The number of nitrogens with zero attached hydrogens (tertiary/aromatic N) is 2. The fourth-order valence-electron chi connectivity index (χ4n) is 3.66. The third-order valence-electron chi connectivity index (χ3n) is 4.98. The van der Waals surface area contributed by atoms with E-state index in [2.05, 4.69) is 31.3 Å². The molecular weight excluding hydrogens is 416 g/mol. The molecule has 0 unspecified atom stereocenters. The number of halogens is 1. The molecule has 1 amide bonds. The van der Waals surface area contributed by atoms with Crippen molar-refractivity contribution >= 4 is 38.6 Å². The third kappa shape index (κ3) is 3.36. The summed E-state index contributed by atoms with van der Waals surface area (Å²) in [5, 5.41) is 8.68. The average Bonchev–Trinajstić information content (AvgIpc) is 3.12. The Labute approximate surface area is 171 Å². The zero-order chi connectivity index (χ0) is 19.8. The molecule has 28 heavy (non-hydrogen) atoms. The molecule has 4 rings (SSSR count). The smallest absolute Gasteiger partial charge is 0.230 e. The van der Waals surface area contributed by atoms with E-state index in [0.29, 0.717) is 12.2 Å². The van der Waals surface area contributed by atoms with E-state index < -0.39 is 0 Å². The van der Waals surface area contributed by atoms with Gasteiger partial charge in [-0.1, -0.05) is 46.3 Å². The number of aromatic nitrogens is 3. The summed E-state index contributed by atoms with van der Waals surface area (Å²) in [4.78, 5) is 16.3. The van der Waals surface area contributed by atoms with Crippen LogP contribution in [-0.2, 0) is 18.3 Å². The normalized spacial score (nSPS) is 11.1. The highest BCUT2D eigenvalue weighted by molar-refractivity contribution is 9.10. The first-order valence-corrected chi connectivity index (χ1v) is 9.89. The van der Waals surface area contributed by atoms with Gasteiger partial charge in [-0.3, -0.25) is 9.48 Å². The summed E-state index contributed by atoms with van der Waals surface area (Å²) in [5.74, 6) is 0.650. The molecule has 2 aromatic carbocycles. The van der Waals surface area contributed by atoms with Gasteiger partial charge in [-0.2, -0.15) is 5.10 Å². The highest BCUT2D eigenvalue weighted by atomic mass is 79.9. The van der Waals surface area contributed by atoms with Gasteiger partial charge in [-0.05, 0) is 43.2 Å². The van der Waals surface area contributed by atoms with Crippen LogP contribution in [0.5, 0.6) is 0 Å². The number of amides is 1. The first kappa shape index (κ1) is 18.5. The maximum absolute atomic E-state index is 12.9. The number of benzene rings is 2. The predicted molar refractivity (Wildman–Crippen MR) is 116 cm³/mol. The van der Waals surface area contributed by atoms with E-state index in [0.717, 1.165) is 43.5 Å². The van der Waals surface area contributed by atoms with Crippen LogP contribution in [0.1, 0.15) is 17.0 Å². The van der Waals surface area contributed by atoms with Crippen LogP contribution in [0.2, 0.25) is 0 Å². The fraction of sp³-hybridized carbons (Fsp3) is 0.182. The van der Waals surface area contributed by atoms with Crippen LogP contribution in [0.25, 0.3) is 22.0 Å². The van der Waals surface area contributed by atoms with Crippen molar-refractivity contribution in [3.05, 3.63) is 70.0 Å². The molecule has 5 nitrogen and oxygen atoms in total. The van der Waals surface area contributed by atoms with Crippen LogP contribution in [0.4, 0.5) is 5.82 Å². The lowest BCUT2D eigenvalue weighted by Gasteiger charge is -2.10. The Morgan fingerprint density at radius 1 is 1.14 bits per heavy atom. The predicted octanol–water partition coefficient (Wildman–Crippen LogP) is 5.13. The molecule has 6 heteroatoms. The molecule has 2 N–H and O–H groups in total. The molecule has 0 saturated heterocycles. The Morgan fingerprint density at radius 3 is 2.61 bits per heavy atom. The third-order valence-corrected chi connectivity index (χ3v) is 5.51. The molecule has 0 bridgehead atoms. The minimum atomic E-state index is -0.0609. The van der Waals surface area contributed by atoms with Crippen LogP contribution in [-0.4, -0.2) is 20.7 Å². The SMILES string of the molecule is Cc1nn(C)c(NC(=O)Cc2c(C)[nH]c3ccccc23)c1-c1ccc(Br)cc1. The Kier molecular flexibility index (Phi) is 4.81. The summed E-state index contributed by atoms with van der Waals surface area (Å²) in [7, 11) is 1.85. The summed E-state index contributed by atoms with van der Waals surface area (Å²) in [6.07, 6.45) is 0.305. The van der Waals surface area contributed by atoms with Gasteiger partial charge in [-0.15, -0.1) is 0 Å². The van der Waals surface area contributed by atoms with E-state index in [1.165, 1.54) is 0 Å². The summed E-state index contributed by atoms with van der Waals surface area (Å²) in [5.41, 5.74) is 5.94. The van der Waals surface area contributed by atoms with Crippen molar-refractivity contribution in [2.24, 2.45) is 7.05 Å². The van der Waals surface area contributed by atoms with Gasteiger partial charge >= 0.3 is 0 Å². The van der Waals surface area contributed by atoms with Crippen LogP contribution in [0.15, 0.2) is 53.0 Å². The van der Waals surface area contributed by atoms with E-state index >= 15 is 0 Å². The van der Waals surface area contributed by atoms with Crippen molar-refractivity contribution in [3.63, 3.8) is 0 Å². The molecule has 0 fully saturated rings. The van der Waals surface area contributed by atoms with Crippen molar-refractivity contribution in [2.45, 2.75) is 20.3 Å². The number of carbonyl (C=O) groups excluding carboxylic acids is 1. The molecule has 4 aromatic rings. The van der Waals surface area contributed by atoms with Crippen LogP contribution < -0.4 is 5.32 Å². The van der Waals surface area contributed by atoms with Crippen LogP contribution in [0.3, 0.4) is 0 Å². The first-order chi connectivity index (χ1) is 13.4. The zero-order valence-corrected chi connectivity index (χ0v) is 17.6. The number of hydrogen-bond donors (Lipinski definition) is 2. The number of para-hydroxylation sites is 1. The minimum absolute atomic E-state index is 0.0609. The molecule has 0 aliphatic heterocycles. The number of rotatable bonds is 4. The zero-order valence-electron chi connectivity index (χ0n) is 16.0. The van der Waals surface area contributed by atoms with Crippen LogP contribution in [0, 0.1) is 13.8 Å². The summed E-state index contributed by atoms with van der Waals surface area (Å²) in [6, 6.07) is 16.1. The second-order valence-electron chi connectivity index (χ2n) is 6.94. The number of nitrogens with one attached hydrogen (secondary N) is 2. The summed E-state index contributed by atoms with van der Waals surface area (Å²) in [6.45, 7) is 3.96. The van der Waals surface area contributed by atoms with E-state index in [9.17, 15) is 4.79 Å². The Morgan fingerprint density at radius 2 is 1.86 bits per heavy atom. The van der Waals surface area contributed by atoms with E-state index in [-0.39, 0.29) is 5.91 Å². The Bertz CT molecular complexity index is 1170. The molecule has 142 valence electrons. The minimum Gasteiger partial charge on any atom is -0.358 e. The largest absolute Gasteiger partial charge is 0.358 e. The number of aryl methyl sites for hydroxylation is 3. The van der Waals surface area contributed by atoms with Gasteiger partial charge in [0.25, 0.3) is 0 Å². The maximum atomic E-state index is 12.9. The van der Waals surface area contributed by atoms with Gasteiger partial charge in [0.15, 0.2) is 0 Å². The van der Waals surface area contributed by atoms with Gasteiger partial charge in [0, 0.05) is 33.7 Å². The number of H-pyrrole nitrogens is 1. The van der Waals surface area contributed by atoms with E-state index in [1.54, 1.807) is 4.68 Å². The summed E-state index contributed by atoms with van der Waals surface area (Å²) < 4.78 is 2.74. The molecular formula is C22H21BrN4O. The molecule has 2 heterocycles. The van der Waals surface area contributed by atoms with Crippen molar-refractivity contribution in [2.75, 3.05) is 5.32 Å². The standard InChI is InChI=1S/C22H21BrN4O/c1-13-18(17-6-4-5-7-19(17)24-13)12-20(28)25-22-21(14(2)26-27(22)3)15-8-10-16(23)11-9-15/h4-11,24H,12H2,1-3H3,(H,25,28). The molecule has 0 spiro atoms.